The molecule has 1 aromatic heterocycles. The van der Waals surface area contributed by atoms with Gasteiger partial charge < -0.3 is 9.64 Å². The summed E-state index contributed by atoms with van der Waals surface area (Å²) < 4.78 is 31.1. The van der Waals surface area contributed by atoms with Crippen molar-refractivity contribution in [2.75, 3.05) is 33.1 Å². The molecule has 2 amide bonds. The molecule has 0 saturated carbocycles. The van der Waals surface area contributed by atoms with Gasteiger partial charge in [0, 0.05) is 27.2 Å². The molecule has 0 bridgehead atoms. The van der Waals surface area contributed by atoms with Crippen LogP contribution in [-0.4, -0.2) is 61.6 Å². The number of ether oxygens (including phenoxy) is 1. The standard InChI is InChI=1S/C15H19N5O4S2/c1-19(2)26(22,23)12-6-4-5-10-9-20(8-7-11(10)12)14(21)16-13-17-18-15(24-3)25-13/h4-6H,7-9H2,1-3H3,(H,16,17,21). The minimum atomic E-state index is -3.52. The molecule has 3 rings (SSSR count). The van der Waals surface area contributed by atoms with E-state index in [9.17, 15) is 13.2 Å². The minimum absolute atomic E-state index is 0.300. The van der Waals surface area contributed by atoms with Gasteiger partial charge in [-0.05, 0) is 35.0 Å². The zero-order valence-corrected chi connectivity index (χ0v) is 16.2. The van der Waals surface area contributed by atoms with Crippen LogP contribution < -0.4 is 10.1 Å². The molecule has 0 radical (unpaired) electrons. The molecule has 2 aromatic rings. The number of carbonyl (C=O) groups excluding carboxylic acids is 1. The molecule has 1 aromatic carbocycles. The Morgan fingerprint density at radius 3 is 2.77 bits per heavy atom. The largest absolute Gasteiger partial charge is 0.472 e. The van der Waals surface area contributed by atoms with Crippen molar-refractivity contribution in [2.45, 2.75) is 17.9 Å². The number of methoxy groups -OCH3 is 1. The first-order valence-corrected chi connectivity index (χ1v) is 10.1. The van der Waals surface area contributed by atoms with Crippen molar-refractivity contribution < 1.29 is 17.9 Å². The molecular formula is C15H19N5O4S2. The summed E-state index contributed by atoms with van der Waals surface area (Å²) in [7, 11) is 0.973. The molecule has 1 aliphatic heterocycles. The maximum Gasteiger partial charge on any atom is 0.324 e. The first-order valence-electron chi connectivity index (χ1n) is 7.79. The van der Waals surface area contributed by atoms with Crippen LogP contribution in [0.1, 0.15) is 11.1 Å². The van der Waals surface area contributed by atoms with Gasteiger partial charge in [0.15, 0.2) is 0 Å². The average Bonchev–Trinajstić information content (AvgIpc) is 3.08. The molecule has 0 saturated heterocycles. The summed E-state index contributed by atoms with van der Waals surface area (Å²) in [6.45, 7) is 0.739. The third-order valence-corrected chi connectivity index (χ3v) is 6.76. The van der Waals surface area contributed by atoms with Gasteiger partial charge in [0.2, 0.25) is 15.2 Å². The van der Waals surface area contributed by atoms with Crippen LogP contribution in [0.5, 0.6) is 5.19 Å². The van der Waals surface area contributed by atoms with Gasteiger partial charge in [-0.15, -0.1) is 5.10 Å². The number of nitrogens with one attached hydrogen (secondary N) is 1. The summed E-state index contributed by atoms with van der Waals surface area (Å²) >= 11 is 1.13. The summed E-state index contributed by atoms with van der Waals surface area (Å²) in [6, 6.07) is 4.84. The zero-order chi connectivity index (χ0) is 18.9. The van der Waals surface area contributed by atoms with E-state index in [0.717, 1.165) is 22.5 Å². The number of anilines is 1. The van der Waals surface area contributed by atoms with Crippen LogP contribution in [0, 0.1) is 0 Å². The quantitative estimate of drug-likeness (QED) is 0.836. The van der Waals surface area contributed by atoms with Gasteiger partial charge >= 0.3 is 6.03 Å². The highest BCUT2D eigenvalue weighted by atomic mass is 32.2. The summed E-state index contributed by atoms with van der Waals surface area (Å²) in [6.07, 6.45) is 0.464. The van der Waals surface area contributed by atoms with Crippen LogP contribution in [-0.2, 0) is 23.0 Å². The molecule has 11 heteroatoms. The lowest BCUT2D eigenvalue weighted by Crippen LogP contribution is -2.39. The highest BCUT2D eigenvalue weighted by molar-refractivity contribution is 7.89. The van der Waals surface area contributed by atoms with Gasteiger partial charge in [0.05, 0.1) is 12.0 Å². The first kappa shape index (κ1) is 18.5. The molecule has 2 heterocycles. The predicted octanol–water partition coefficient (Wildman–Crippen LogP) is 1.39. The molecule has 140 valence electrons. The first-order chi connectivity index (χ1) is 12.3. The van der Waals surface area contributed by atoms with Crippen molar-refractivity contribution in [1.82, 2.24) is 19.4 Å². The Hall–Kier alpha value is -2.24. The van der Waals surface area contributed by atoms with Crippen LogP contribution in [0.4, 0.5) is 9.93 Å². The Labute approximate surface area is 155 Å². The molecule has 1 aliphatic rings. The SMILES string of the molecule is COc1nnc(NC(=O)N2CCc3c(cccc3S(=O)(=O)N(C)C)C2)s1. The van der Waals surface area contributed by atoms with Gasteiger partial charge in [-0.1, -0.05) is 17.2 Å². The molecule has 0 fully saturated rings. The monoisotopic (exact) mass is 397 g/mol. The van der Waals surface area contributed by atoms with Gasteiger partial charge in [0.1, 0.15) is 0 Å². The van der Waals surface area contributed by atoms with Crippen LogP contribution in [0.3, 0.4) is 0 Å². The molecule has 0 unspecified atom stereocenters. The number of benzene rings is 1. The van der Waals surface area contributed by atoms with Crippen molar-refractivity contribution in [1.29, 1.82) is 0 Å². The molecule has 0 aliphatic carbocycles. The number of fused-ring (bicyclic) bond motifs is 1. The van der Waals surface area contributed by atoms with E-state index < -0.39 is 10.0 Å². The van der Waals surface area contributed by atoms with E-state index in [4.69, 9.17) is 4.74 Å². The third-order valence-electron chi connectivity index (χ3n) is 4.06. The van der Waals surface area contributed by atoms with Crippen molar-refractivity contribution in [3.05, 3.63) is 29.3 Å². The zero-order valence-electron chi connectivity index (χ0n) is 14.6. The Bertz CT molecular complexity index is 926. The highest BCUT2D eigenvalue weighted by Gasteiger charge is 2.28. The van der Waals surface area contributed by atoms with E-state index in [2.05, 4.69) is 15.5 Å². The normalized spacial score (nSPS) is 14.2. The van der Waals surface area contributed by atoms with Crippen LogP contribution >= 0.6 is 11.3 Å². The Morgan fingerprint density at radius 1 is 1.35 bits per heavy atom. The Kier molecular flexibility index (Phi) is 5.12. The molecule has 1 N–H and O–H groups in total. The second-order valence-electron chi connectivity index (χ2n) is 5.86. The average molecular weight is 397 g/mol. The molecule has 26 heavy (non-hydrogen) atoms. The number of sulfonamides is 1. The smallest absolute Gasteiger partial charge is 0.324 e. The van der Waals surface area contributed by atoms with E-state index in [0.29, 0.717) is 34.7 Å². The minimum Gasteiger partial charge on any atom is -0.472 e. The fourth-order valence-electron chi connectivity index (χ4n) is 2.70. The number of nitrogens with zero attached hydrogens (tertiary/aromatic N) is 4. The van der Waals surface area contributed by atoms with E-state index in [1.54, 1.807) is 17.0 Å². The van der Waals surface area contributed by atoms with Gasteiger partial charge in [0.25, 0.3) is 5.19 Å². The van der Waals surface area contributed by atoms with Crippen molar-refractivity contribution in [3.63, 3.8) is 0 Å². The van der Waals surface area contributed by atoms with E-state index in [1.165, 1.54) is 25.5 Å². The predicted molar refractivity (Wildman–Crippen MR) is 96.9 cm³/mol. The van der Waals surface area contributed by atoms with E-state index in [1.807, 2.05) is 6.07 Å². The number of aromatic nitrogens is 2. The molecule has 0 spiro atoms. The van der Waals surface area contributed by atoms with Crippen LogP contribution in [0.2, 0.25) is 0 Å². The van der Waals surface area contributed by atoms with Crippen molar-refractivity contribution in [2.24, 2.45) is 0 Å². The Balaban J connectivity index is 1.79. The van der Waals surface area contributed by atoms with Crippen LogP contribution in [0.15, 0.2) is 23.1 Å². The maximum absolute atomic E-state index is 12.5. The number of urea groups is 1. The fraction of sp³-hybridized carbons (Fsp3) is 0.400. The molecule has 0 atom stereocenters. The molecule has 9 nitrogen and oxygen atoms in total. The highest BCUT2D eigenvalue weighted by Crippen LogP contribution is 2.28. The summed E-state index contributed by atoms with van der Waals surface area (Å²) in [5.41, 5.74) is 1.59. The lowest BCUT2D eigenvalue weighted by atomic mass is 10.00. The summed E-state index contributed by atoms with van der Waals surface area (Å²) in [5, 5.41) is 11.0. The maximum atomic E-state index is 12.5. The number of rotatable bonds is 4. The fourth-order valence-corrected chi connectivity index (χ4v) is 4.44. The topological polar surface area (TPSA) is 105 Å². The van der Waals surface area contributed by atoms with Crippen molar-refractivity contribution >= 4 is 32.5 Å². The molecular weight excluding hydrogens is 378 g/mol. The number of amides is 2. The van der Waals surface area contributed by atoms with Gasteiger partial charge in [-0.2, -0.15) is 0 Å². The van der Waals surface area contributed by atoms with Gasteiger partial charge in [-0.25, -0.2) is 17.5 Å². The van der Waals surface area contributed by atoms with Crippen molar-refractivity contribution in [3.8, 4) is 5.19 Å². The van der Waals surface area contributed by atoms with E-state index >= 15 is 0 Å². The van der Waals surface area contributed by atoms with Crippen LogP contribution in [0.25, 0.3) is 0 Å². The lowest BCUT2D eigenvalue weighted by Gasteiger charge is -2.30. The van der Waals surface area contributed by atoms with Gasteiger partial charge in [-0.3, -0.25) is 5.32 Å². The lowest BCUT2D eigenvalue weighted by molar-refractivity contribution is 0.206. The summed E-state index contributed by atoms with van der Waals surface area (Å²) in [5.74, 6) is 0. The number of carbonyl (C=O) groups is 1. The Morgan fingerprint density at radius 2 is 2.12 bits per heavy atom. The summed E-state index contributed by atoms with van der Waals surface area (Å²) in [4.78, 5) is 14.4. The van der Waals surface area contributed by atoms with E-state index in [-0.39, 0.29) is 6.03 Å². The second kappa shape index (κ2) is 7.17. The third kappa shape index (κ3) is 3.50. The number of hydrogen-bond acceptors (Lipinski definition) is 7. The second-order valence-corrected chi connectivity index (χ2v) is 8.92. The number of hydrogen-bond donors (Lipinski definition) is 1.